The second kappa shape index (κ2) is 7.70. The minimum atomic E-state index is -0.323. The van der Waals surface area contributed by atoms with Crippen molar-refractivity contribution >= 4 is 17.5 Å². The van der Waals surface area contributed by atoms with Crippen molar-refractivity contribution in [2.24, 2.45) is 11.8 Å². The van der Waals surface area contributed by atoms with Crippen LogP contribution in [0.4, 0.5) is 5.69 Å². The molecule has 2 amide bonds. The molecule has 1 saturated carbocycles. The molecule has 2 aromatic rings. The SMILES string of the molecule is COc1ccc(CNC(=O)C2CC2C(=O)Nc2cccc(C#N)c2)cc1. The predicted molar refractivity (Wildman–Crippen MR) is 96.2 cm³/mol. The summed E-state index contributed by atoms with van der Waals surface area (Å²) in [5, 5.41) is 14.5. The van der Waals surface area contributed by atoms with Gasteiger partial charge in [0.05, 0.1) is 30.6 Å². The van der Waals surface area contributed by atoms with Crippen LogP contribution in [-0.4, -0.2) is 18.9 Å². The highest BCUT2D eigenvalue weighted by atomic mass is 16.5. The molecule has 2 aromatic carbocycles. The largest absolute Gasteiger partial charge is 0.497 e. The van der Waals surface area contributed by atoms with Crippen molar-refractivity contribution in [1.29, 1.82) is 5.26 Å². The van der Waals surface area contributed by atoms with Crippen molar-refractivity contribution in [3.63, 3.8) is 0 Å². The molecule has 6 nitrogen and oxygen atoms in total. The van der Waals surface area contributed by atoms with Crippen LogP contribution in [0.2, 0.25) is 0 Å². The molecule has 0 spiro atoms. The van der Waals surface area contributed by atoms with Gasteiger partial charge in [-0.15, -0.1) is 0 Å². The molecule has 6 heteroatoms. The number of hydrogen-bond acceptors (Lipinski definition) is 4. The number of benzene rings is 2. The van der Waals surface area contributed by atoms with Crippen LogP contribution in [-0.2, 0) is 16.1 Å². The molecule has 2 atom stereocenters. The number of carbonyl (C=O) groups excluding carboxylic acids is 2. The van der Waals surface area contributed by atoms with Gasteiger partial charge in [0.25, 0.3) is 0 Å². The monoisotopic (exact) mass is 349 g/mol. The Hall–Kier alpha value is -3.33. The molecule has 0 saturated heterocycles. The van der Waals surface area contributed by atoms with Gasteiger partial charge in [0.15, 0.2) is 0 Å². The zero-order valence-electron chi connectivity index (χ0n) is 14.4. The third-order valence-corrected chi connectivity index (χ3v) is 4.35. The number of amides is 2. The number of anilines is 1. The van der Waals surface area contributed by atoms with Crippen LogP contribution < -0.4 is 15.4 Å². The van der Waals surface area contributed by atoms with Crippen LogP contribution in [0, 0.1) is 23.2 Å². The Morgan fingerprint density at radius 1 is 1.15 bits per heavy atom. The van der Waals surface area contributed by atoms with E-state index in [0.29, 0.717) is 24.2 Å². The summed E-state index contributed by atoms with van der Waals surface area (Å²) in [6, 6.07) is 16.2. The van der Waals surface area contributed by atoms with Gasteiger partial charge in [0.1, 0.15) is 5.75 Å². The molecule has 3 rings (SSSR count). The number of methoxy groups -OCH3 is 1. The first-order chi connectivity index (χ1) is 12.6. The lowest BCUT2D eigenvalue weighted by molar-refractivity contribution is -0.125. The molecule has 0 aliphatic heterocycles. The number of nitriles is 1. The van der Waals surface area contributed by atoms with Crippen molar-refractivity contribution in [2.45, 2.75) is 13.0 Å². The molecule has 0 radical (unpaired) electrons. The maximum Gasteiger partial charge on any atom is 0.228 e. The maximum absolute atomic E-state index is 12.2. The average Bonchev–Trinajstić information content (AvgIpc) is 3.48. The van der Waals surface area contributed by atoms with Crippen molar-refractivity contribution in [2.75, 3.05) is 12.4 Å². The van der Waals surface area contributed by atoms with E-state index in [1.54, 1.807) is 31.4 Å². The smallest absolute Gasteiger partial charge is 0.228 e. The quantitative estimate of drug-likeness (QED) is 0.838. The molecule has 26 heavy (non-hydrogen) atoms. The van der Waals surface area contributed by atoms with Gasteiger partial charge in [0, 0.05) is 12.2 Å². The molecule has 132 valence electrons. The fraction of sp³-hybridized carbons (Fsp3) is 0.250. The van der Waals surface area contributed by atoms with E-state index in [0.717, 1.165) is 11.3 Å². The van der Waals surface area contributed by atoms with E-state index in [1.807, 2.05) is 30.3 Å². The van der Waals surface area contributed by atoms with E-state index in [2.05, 4.69) is 10.6 Å². The van der Waals surface area contributed by atoms with Gasteiger partial charge in [-0.05, 0) is 42.3 Å². The van der Waals surface area contributed by atoms with Gasteiger partial charge in [-0.1, -0.05) is 18.2 Å². The summed E-state index contributed by atoms with van der Waals surface area (Å²) in [4.78, 5) is 24.5. The van der Waals surface area contributed by atoms with Crippen LogP contribution in [0.3, 0.4) is 0 Å². The average molecular weight is 349 g/mol. The predicted octanol–water partition coefficient (Wildman–Crippen LogP) is 2.46. The molecule has 2 unspecified atom stereocenters. The zero-order valence-corrected chi connectivity index (χ0v) is 14.4. The first kappa shape index (κ1) is 17.5. The number of nitrogens with one attached hydrogen (secondary N) is 2. The molecule has 0 heterocycles. The van der Waals surface area contributed by atoms with Crippen molar-refractivity contribution < 1.29 is 14.3 Å². The lowest BCUT2D eigenvalue weighted by Gasteiger charge is -2.07. The van der Waals surface area contributed by atoms with E-state index in [9.17, 15) is 9.59 Å². The van der Waals surface area contributed by atoms with Crippen LogP contribution in [0.5, 0.6) is 5.75 Å². The number of rotatable bonds is 6. The topological polar surface area (TPSA) is 91.2 Å². The van der Waals surface area contributed by atoms with E-state index in [-0.39, 0.29) is 23.7 Å². The van der Waals surface area contributed by atoms with Crippen LogP contribution in [0.15, 0.2) is 48.5 Å². The zero-order chi connectivity index (χ0) is 18.5. The Kier molecular flexibility index (Phi) is 5.18. The summed E-state index contributed by atoms with van der Waals surface area (Å²) in [6.45, 7) is 0.415. The first-order valence-electron chi connectivity index (χ1n) is 8.32. The van der Waals surface area contributed by atoms with Gasteiger partial charge in [0.2, 0.25) is 11.8 Å². The molecule has 1 aliphatic rings. The Bertz CT molecular complexity index is 855. The third kappa shape index (κ3) is 4.19. The van der Waals surface area contributed by atoms with E-state index in [1.165, 1.54) is 0 Å². The van der Waals surface area contributed by atoms with Gasteiger partial charge < -0.3 is 15.4 Å². The second-order valence-corrected chi connectivity index (χ2v) is 6.20. The Morgan fingerprint density at radius 2 is 1.88 bits per heavy atom. The van der Waals surface area contributed by atoms with Gasteiger partial charge in [-0.3, -0.25) is 9.59 Å². The number of hydrogen-bond donors (Lipinski definition) is 2. The van der Waals surface area contributed by atoms with E-state index in [4.69, 9.17) is 10.00 Å². The lowest BCUT2D eigenvalue weighted by Crippen LogP contribution is -2.27. The number of carbonyl (C=O) groups is 2. The molecule has 1 fully saturated rings. The minimum Gasteiger partial charge on any atom is -0.497 e. The molecule has 0 aromatic heterocycles. The summed E-state index contributed by atoms with van der Waals surface area (Å²) in [5.74, 6) is -0.167. The third-order valence-electron chi connectivity index (χ3n) is 4.35. The van der Waals surface area contributed by atoms with Gasteiger partial charge in [-0.2, -0.15) is 5.26 Å². The van der Waals surface area contributed by atoms with Crippen molar-refractivity contribution in [3.8, 4) is 11.8 Å². The summed E-state index contributed by atoms with van der Waals surface area (Å²) in [5.41, 5.74) is 2.01. The highest BCUT2D eigenvalue weighted by molar-refractivity contribution is 5.99. The van der Waals surface area contributed by atoms with Crippen molar-refractivity contribution in [1.82, 2.24) is 5.32 Å². The fourth-order valence-corrected chi connectivity index (χ4v) is 2.74. The Balaban J connectivity index is 1.48. The highest BCUT2D eigenvalue weighted by Crippen LogP contribution is 2.39. The Labute approximate surface area is 151 Å². The first-order valence-corrected chi connectivity index (χ1v) is 8.32. The van der Waals surface area contributed by atoms with E-state index >= 15 is 0 Å². The summed E-state index contributed by atoms with van der Waals surface area (Å²) in [7, 11) is 1.60. The summed E-state index contributed by atoms with van der Waals surface area (Å²) >= 11 is 0. The molecule has 1 aliphatic carbocycles. The Morgan fingerprint density at radius 3 is 2.58 bits per heavy atom. The summed E-state index contributed by atoms with van der Waals surface area (Å²) in [6.07, 6.45) is 0.540. The maximum atomic E-state index is 12.2. The lowest BCUT2D eigenvalue weighted by atomic mass is 10.2. The molecular weight excluding hydrogens is 330 g/mol. The number of nitrogens with zero attached hydrogens (tertiary/aromatic N) is 1. The fourth-order valence-electron chi connectivity index (χ4n) is 2.74. The second-order valence-electron chi connectivity index (χ2n) is 6.20. The van der Waals surface area contributed by atoms with Gasteiger partial charge >= 0.3 is 0 Å². The molecule has 0 bridgehead atoms. The summed E-state index contributed by atoms with van der Waals surface area (Å²) < 4.78 is 5.10. The molecule has 2 N–H and O–H groups in total. The standard InChI is InChI=1S/C20H19N3O3/c1-26-16-7-5-13(6-8-16)12-22-19(24)17-10-18(17)20(25)23-15-4-2-3-14(9-15)11-21/h2-9,17-18H,10,12H2,1H3,(H,22,24)(H,23,25). The van der Waals surface area contributed by atoms with Crippen LogP contribution >= 0.6 is 0 Å². The van der Waals surface area contributed by atoms with Crippen LogP contribution in [0.25, 0.3) is 0 Å². The normalized spacial score (nSPS) is 17.7. The van der Waals surface area contributed by atoms with Crippen LogP contribution in [0.1, 0.15) is 17.5 Å². The molecular formula is C20H19N3O3. The highest BCUT2D eigenvalue weighted by Gasteiger charge is 2.47. The van der Waals surface area contributed by atoms with Crippen molar-refractivity contribution in [3.05, 3.63) is 59.7 Å². The number of ether oxygens (including phenoxy) is 1. The van der Waals surface area contributed by atoms with Gasteiger partial charge in [-0.25, -0.2) is 0 Å². The minimum absolute atomic E-state index is 0.119. The van der Waals surface area contributed by atoms with E-state index < -0.39 is 0 Å².